The van der Waals surface area contributed by atoms with Gasteiger partial charge in [-0.05, 0) is 37.1 Å². The third kappa shape index (κ3) is 2.90. The van der Waals surface area contributed by atoms with Crippen molar-refractivity contribution >= 4 is 0 Å². The second kappa shape index (κ2) is 5.69. The van der Waals surface area contributed by atoms with Gasteiger partial charge in [-0.2, -0.15) is 0 Å². The average Bonchev–Trinajstić information content (AvgIpc) is 2.38. The van der Waals surface area contributed by atoms with Gasteiger partial charge in [0, 0.05) is 5.56 Å². The lowest BCUT2D eigenvalue weighted by atomic mass is 10.1. The summed E-state index contributed by atoms with van der Waals surface area (Å²) in [6.07, 6.45) is 0.194. The normalized spacial score (nSPS) is 12.2. The summed E-state index contributed by atoms with van der Waals surface area (Å²) in [6.45, 7) is 3.98. The van der Waals surface area contributed by atoms with Crippen molar-refractivity contribution < 1.29 is 9.84 Å². The van der Waals surface area contributed by atoms with Crippen LogP contribution < -0.4 is 4.74 Å². The second-order valence-electron chi connectivity index (χ2n) is 4.38. The lowest BCUT2D eigenvalue weighted by molar-refractivity contribution is 0.170. The van der Waals surface area contributed by atoms with Gasteiger partial charge in [0.05, 0.1) is 6.10 Å². The predicted molar refractivity (Wildman–Crippen MR) is 72.9 cm³/mol. The Bertz CT molecular complexity index is 520. The van der Waals surface area contributed by atoms with Crippen LogP contribution in [0.5, 0.6) is 11.5 Å². The van der Waals surface area contributed by atoms with Crippen LogP contribution >= 0.6 is 0 Å². The summed E-state index contributed by atoms with van der Waals surface area (Å²) in [6, 6.07) is 15.5. The minimum atomic E-state index is -0.481. The van der Waals surface area contributed by atoms with Crippen molar-refractivity contribution in [3.63, 3.8) is 0 Å². The molecule has 0 saturated carbocycles. The standard InChI is InChI=1S/C16H18O2/c1-3-15(17)14-9-4-5-10-16(14)18-13-8-6-7-12(2)11-13/h4-11,15,17H,3H2,1-2H3/t15-/m0/s1. The van der Waals surface area contributed by atoms with Crippen LogP contribution in [0, 0.1) is 6.92 Å². The average molecular weight is 242 g/mol. The molecule has 2 aromatic rings. The number of aliphatic hydroxyl groups excluding tert-OH is 1. The van der Waals surface area contributed by atoms with Gasteiger partial charge in [0.25, 0.3) is 0 Å². The molecule has 0 saturated heterocycles. The molecule has 18 heavy (non-hydrogen) atoms. The topological polar surface area (TPSA) is 29.5 Å². The van der Waals surface area contributed by atoms with Crippen LogP contribution in [-0.4, -0.2) is 5.11 Å². The van der Waals surface area contributed by atoms with Gasteiger partial charge in [0.15, 0.2) is 0 Å². The second-order valence-corrected chi connectivity index (χ2v) is 4.38. The van der Waals surface area contributed by atoms with E-state index in [2.05, 4.69) is 0 Å². The van der Waals surface area contributed by atoms with Gasteiger partial charge in [0.2, 0.25) is 0 Å². The van der Waals surface area contributed by atoms with Crippen LogP contribution in [0.1, 0.15) is 30.6 Å². The molecule has 0 radical (unpaired) electrons. The predicted octanol–water partition coefficient (Wildman–Crippen LogP) is 4.23. The molecule has 0 amide bonds. The van der Waals surface area contributed by atoms with Crippen LogP contribution in [0.2, 0.25) is 0 Å². The van der Waals surface area contributed by atoms with E-state index in [-0.39, 0.29) is 0 Å². The van der Waals surface area contributed by atoms with Crippen molar-refractivity contribution in [1.82, 2.24) is 0 Å². The molecule has 0 aliphatic heterocycles. The molecule has 0 aromatic heterocycles. The summed E-state index contributed by atoms with van der Waals surface area (Å²) in [4.78, 5) is 0. The maximum atomic E-state index is 9.96. The fourth-order valence-electron chi connectivity index (χ4n) is 1.87. The molecule has 94 valence electrons. The number of ether oxygens (including phenoxy) is 1. The van der Waals surface area contributed by atoms with Crippen molar-refractivity contribution in [2.24, 2.45) is 0 Å². The highest BCUT2D eigenvalue weighted by Crippen LogP contribution is 2.31. The number of rotatable bonds is 4. The zero-order valence-corrected chi connectivity index (χ0v) is 10.8. The van der Waals surface area contributed by atoms with E-state index in [1.807, 2.05) is 62.4 Å². The van der Waals surface area contributed by atoms with Crippen LogP contribution in [0.25, 0.3) is 0 Å². The van der Waals surface area contributed by atoms with Crippen LogP contribution in [0.15, 0.2) is 48.5 Å². The zero-order chi connectivity index (χ0) is 13.0. The van der Waals surface area contributed by atoms with E-state index in [0.29, 0.717) is 6.42 Å². The molecule has 2 rings (SSSR count). The van der Waals surface area contributed by atoms with E-state index in [1.165, 1.54) is 0 Å². The first kappa shape index (κ1) is 12.7. The SMILES string of the molecule is CC[C@H](O)c1ccccc1Oc1cccc(C)c1. The molecule has 0 aliphatic rings. The summed E-state index contributed by atoms with van der Waals surface area (Å²) < 4.78 is 5.85. The summed E-state index contributed by atoms with van der Waals surface area (Å²) in [7, 11) is 0. The van der Waals surface area contributed by atoms with Gasteiger partial charge >= 0.3 is 0 Å². The lowest BCUT2D eigenvalue weighted by Crippen LogP contribution is -1.98. The Morgan fingerprint density at radius 3 is 2.61 bits per heavy atom. The van der Waals surface area contributed by atoms with E-state index in [1.54, 1.807) is 0 Å². The maximum Gasteiger partial charge on any atom is 0.133 e. The Morgan fingerprint density at radius 2 is 1.89 bits per heavy atom. The zero-order valence-electron chi connectivity index (χ0n) is 10.8. The Labute approximate surface area is 108 Å². The van der Waals surface area contributed by atoms with Crippen molar-refractivity contribution in [1.29, 1.82) is 0 Å². The molecule has 0 spiro atoms. The van der Waals surface area contributed by atoms with E-state index < -0.39 is 6.10 Å². The van der Waals surface area contributed by atoms with Gasteiger partial charge in [0.1, 0.15) is 11.5 Å². The molecular weight excluding hydrogens is 224 g/mol. The maximum absolute atomic E-state index is 9.96. The Morgan fingerprint density at radius 1 is 1.11 bits per heavy atom. The Kier molecular flexibility index (Phi) is 4.00. The third-order valence-corrected chi connectivity index (χ3v) is 2.88. The van der Waals surface area contributed by atoms with Gasteiger partial charge in [-0.3, -0.25) is 0 Å². The lowest BCUT2D eigenvalue weighted by Gasteiger charge is -2.14. The highest BCUT2D eigenvalue weighted by atomic mass is 16.5. The minimum absolute atomic E-state index is 0.481. The number of hydrogen-bond acceptors (Lipinski definition) is 2. The summed E-state index contributed by atoms with van der Waals surface area (Å²) in [5.74, 6) is 1.52. The smallest absolute Gasteiger partial charge is 0.133 e. The van der Waals surface area contributed by atoms with Crippen LogP contribution in [0.4, 0.5) is 0 Å². The monoisotopic (exact) mass is 242 g/mol. The molecule has 2 aromatic carbocycles. The van der Waals surface area contributed by atoms with Gasteiger partial charge < -0.3 is 9.84 Å². The number of aliphatic hydroxyl groups is 1. The molecule has 0 unspecified atom stereocenters. The van der Waals surface area contributed by atoms with Crippen LogP contribution in [0.3, 0.4) is 0 Å². The van der Waals surface area contributed by atoms with Crippen molar-refractivity contribution in [2.75, 3.05) is 0 Å². The minimum Gasteiger partial charge on any atom is -0.457 e. The molecular formula is C16H18O2. The number of aryl methyl sites for hydroxylation is 1. The third-order valence-electron chi connectivity index (χ3n) is 2.88. The molecule has 1 atom stereocenters. The molecule has 1 N–H and O–H groups in total. The first-order chi connectivity index (χ1) is 8.70. The molecule has 0 fully saturated rings. The largest absolute Gasteiger partial charge is 0.457 e. The molecule has 0 bridgehead atoms. The summed E-state index contributed by atoms with van der Waals surface area (Å²) >= 11 is 0. The fourth-order valence-corrected chi connectivity index (χ4v) is 1.87. The Balaban J connectivity index is 2.29. The number of hydrogen-bond donors (Lipinski definition) is 1. The van der Waals surface area contributed by atoms with E-state index in [0.717, 1.165) is 22.6 Å². The molecule has 2 heteroatoms. The van der Waals surface area contributed by atoms with E-state index in [9.17, 15) is 5.11 Å². The quantitative estimate of drug-likeness (QED) is 0.869. The van der Waals surface area contributed by atoms with Crippen molar-refractivity contribution in [3.8, 4) is 11.5 Å². The van der Waals surface area contributed by atoms with Crippen molar-refractivity contribution in [2.45, 2.75) is 26.4 Å². The first-order valence-corrected chi connectivity index (χ1v) is 6.22. The van der Waals surface area contributed by atoms with Gasteiger partial charge in [-0.15, -0.1) is 0 Å². The summed E-state index contributed by atoms with van der Waals surface area (Å²) in [5.41, 5.74) is 1.99. The Hall–Kier alpha value is -1.80. The van der Waals surface area contributed by atoms with Gasteiger partial charge in [-0.25, -0.2) is 0 Å². The molecule has 2 nitrogen and oxygen atoms in total. The van der Waals surface area contributed by atoms with Crippen molar-refractivity contribution in [3.05, 3.63) is 59.7 Å². The number of benzene rings is 2. The van der Waals surface area contributed by atoms with E-state index in [4.69, 9.17) is 4.74 Å². The molecule has 0 aliphatic carbocycles. The van der Waals surface area contributed by atoms with E-state index >= 15 is 0 Å². The number of para-hydroxylation sites is 1. The highest BCUT2D eigenvalue weighted by molar-refractivity contribution is 5.39. The summed E-state index contributed by atoms with van der Waals surface area (Å²) in [5, 5.41) is 9.96. The molecule has 0 heterocycles. The van der Waals surface area contributed by atoms with Gasteiger partial charge in [-0.1, -0.05) is 37.3 Å². The first-order valence-electron chi connectivity index (χ1n) is 6.22. The highest BCUT2D eigenvalue weighted by Gasteiger charge is 2.11. The fraction of sp³-hybridized carbons (Fsp3) is 0.250. The van der Waals surface area contributed by atoms with Crippen LogP contribution in [-0.2, 0) is 0 Å².